The molecule has 86 valence electrons. The monoisotopic (exact) mass is 226 g/mol. The molecule has 0 saturated heterocycles. The third-order valence-electron chi connectivity index (χ3n) is 3.17. The second-order valence-corrected chi connectivity index (χ2v) is 4.15. The first-order valence-corrected chi connectivity index (χ1v) is 5.74. The maximum absolute atomic E-state index is 5.70. The van der Waals surface area contributed by atoms with Gasteiger partial charge in [-0.1, -0.05) is 24.3 Å². The Morgan fingerprint density at radius 1 is 1.29 bits per heavy atom. The van der Waals surface area contributed by atoms with Gasteiger partial charge in [0, 0.05) is 24.5 Å². The van der Waals surface area contributed by atoms with Crippen molar-refractivity contribution in [3.05, 3.63) is 53.9 Å². The topological polar surface area (TPSA) is 48.1 Å². The first-order chi connectivity index (χ1) is 8.40. The number of hydrogen-bond donors (Lipinski definition) is 1. The highest BCUT2D eigenvalue weighted by atomic mass is 16.5. The van der Waals surface area contributed by atoms with Crippen LogP contribution in [0.4, 0.5) is 0 Å². The van der Waals surface area contributed by atoms with Crippen LogP contribution in [0.25, 0.3) is 11.1 Å². The minimum absolute atomic E-state index is 0.0432. The fourth-order valence-corrected chi connectivity index (χ4v) is 2.33. The molecule has 1 aliphatic rings. The van der Waals surface area contributed by atoms with E-state index in [1.54, 1.807) is 6.20 Å². The fourth-order valence-electron chi connectivity index (χ4n) is 2.33. The zero-order chi connectivity index (χ0) is 11.7. The Labute approximate surface area is 100 Å². The van der Waals surface area contributed by atoms with E-state index in [0.29, 0.717) is 13.2 Å². The summed E-state index contributed by atoms with van der Waals surface area (Å²) in [5.41, 5.74) is 10.5. The van der Waals surface area contributed by atoms with Crippen LogP contribution in [0, 0.1) is 0 Å². The van der Waals surface area contributed by atoms with Crippen LogP contribution < -0.4 is 5.73 Å². The highest BCUT2D eigenvalue weighted by molar-refractivity contribution is 5.68. The Balaban J connectivity index is 2.12. The molecule has 0 saturated carbocycles. The summed E-state index contributed by atoms with van der Waals surface area (Å²) in [7, 11) is 0. The van der Waals surface area contributed by atoms with E-state index in [2.05, 4.69) is 29.2 Å². The van der Waals surface area contributed by atoms with Crippen LogP contribution in [0.15, 0.2) is 42.7 Å². The van der Waals surface area contributed by atoms with Crippen molar-refractivity contribution < 1.29 is 4.74 Å². The predicted octanol–water partition coefficient (Wildman–Crippen LogP) is 2.28. The molecule has 1 atom stereocenters. The first-order valence-electron chi connectivity index (χ1n) is 5.74. The number of aromatic nitrogens is 1. The first kappa shape index (κ1) is 10.4. The van der Waals surface area contributed by atoms with Crippen LogP contribution in [-0.2, 0) is 11.3 Å². The Bertz CT molecular complexity index is 525. The van der Waals surface area contributed by atoms with Crippen LogP contribution in [0.1, 0.15) is 17.2 Å². The van der Waals surface area contributed by atoms with E-state index in [-0.39, 0.29) is 6.10 Å². The number of rotatable bonds is 2. The molecule has 2 heterocycles. The van der Waals surface area contributed by atoms with Crippen LogP contribution in [0.3, 0.4) is 0 Å². The van der Waals surface area contributed by atoms with E-state index >= 15 is 0 Å². The van der Waals surface area contributed by atoms with Crippen molar-refractivity contribution in [1.82, 2.24) is 4.98 Å². The maximum Gasteiger partial charge on any atom is 0.0955 e. The lowest BCUT2D eigenvalue weighted by atomic mass is 9.96. The van der Waals surface area contributed by atoms with Crippen molar-refractivity contribution in [2.75, 3.05) is 6.54 Å². The maximum atomic E-state index is 5.70. The van der Waals surface area contributed by atoms with Gasteiger partial charge in [-0.25, -0.2) is 0 Å². The second kappa shape index (κ2) is 4.28. The molecule has 2 N–H and O–H groups in total. The summed E-state index contributed by atoms with van der Waals surface area (Å²) in [6.07, 6.45) is 3.71. The van der Waals surface area contributed by atoms with Gasteiger partial charge in [0.25, 0.3) is 0 Å². The predicted molar refractivity (Wildman–Crippen MR) is 66.3 cm³/mol. The highest BCUT2D eigenvalue weighted by Crippen LogP contribution is 2.36. The van der Waals surface area contributed by atoms with E-state index in [1.807, 2.05) is 12.3 Å². The van der Waals surface area contributed by atoms with Crippen molar-refractivity contribution in [3.63, 3.8) is 0 Å². The zero-order valence-corrected chi connectivity index (χ0v) is 9.47. The van der Waals surface area contributed by atoms with Crippen molar-refractivity contribution in [3.8, 4) is 11.1 Å². The molecule has 3 nitrogen and oxygen atoms in total. The van der Waals surface area contributed by atoms with Crippen molar-refractivity contribution in [2.45, 2.75) is 12.7 Å². The lowest BCUT2D eigenvalue weighted by Gasteiger charge is -2.09. The van der Waals surface area contributed by atoms with Gasteiger partial charge in [0.1, 0.15) is 0 Å². The lowest BCUT2D eigenvalue weighted by molar-refractivity contribution is 0.0725. The minimum atomic E-state index is 0.0432. The van der Waals surface area contributed by atoms with Crippen molar-refractivity contribution in [2.24, 2.45) is 5.73 Å². The second-order valence-electron chi connectivity index (χ2n) is 4.15. The SMILES string of the molecule is NC[C@@H]1OCc2c(-c3cccnc3)cccc21. The molecule has 1 aromatic heterocycles. The number of hydrogen-bond acceptors (Lipinski definition) is 3. The molecule has 0 amide bonds. The number of fused-ring (bicyclic) bond motifs is 1. The van der Waals surface area contributed by atoms with E-state index < -0.39 is 0 Å². The third kappa shape index (κ3) is 1.73. The lowest BCUT2D eigenvalue weighted by Crippen LogP contribution is -2.10. The van der Waals surface area contributed by atoms with Crippen molar-refractivity contribution in [1.29, 1.82) is 0 Å². The van der Waals surface area contributed by atoms with Crippen LogP contribution >= 0.6 is 0 Å². The van der Waals surface area contributed by atoms with E-state index in [1.165, 1.54) is 16.7 Å². The average Bonchev–Trinajstić information content (AvgIpc) is 2.82. The van der Waals surface area contributed by atoms with Gasteiger partial charge >= 0.3 is 0 Å². The molecule has 0 spiro atoms. The van der Waals surface area contributed by atoms with Gasteiger partial charge in [0.2, 0.25) is 0 Å². The number of ether oxygens (including phenoxy) is 1. The number of nitrogens with zero attached hydrogens (tertiary/aromatic N) is 1. The number of nitrogens with two attached hydrogens (primary N) is 1. The Hall–Kier alpha value is -1.71. The highest BCUT2D eigenvalue weighted by Gasteiger charge is 2.24. The average molecular weight is 226 g/mol. The Kier molecular flexibility index (Phi) is 2.63. The summed E-state index contributed by atoms with van der Waals surface area (Å²) < 4.78 is 5.69. The zero-order valence-electron chi connectivity index (χ0n) is 9.47. The molecule has 0 fully saturated rings. The molecule has 3 heteroatoms. The van der Waals surface area contributed by atoms with E-state index in [4.69, 9.17) is 10.5 Å². The van der Waals surface area contributed by atoms with Gasteiger partial charge in [-0.3, -0.25) is 4.98 Å². The summed E-state index contributed by atoms with van der Waals surface area (Å²) >= 11 is 0. The summed E-state index contributed by atoms with van der Waals surface area (Å²) in [6, 6.07) is 10.3. The molecule has 3 rings (SSSR count). The molecule has 0 bridgehead atoms. The summed E-state index contributed by atoms with van der Waals surface area (Å²) in [5, 5.41) is 0. The number of pyridine rings is 1. The standard InChI is InChI=1S/C14H14N2O/c15-7-14-12-5-1-4-11(13(12)9-17-14)10-3-2-6-16-8-10/h1-6,8,14H,7,9,15H2/t14-/m0/s1. The Morgan fingerprint density at radius 2 is 2.24 bits per heavy atom. The molecule has 0 aliphatic carbocycles. The van der Waals surface area contributed by atoms with Gasteiger partial charge in [0.15, 0.2) is 0 Å². The van der Waals surface area contributed by atoms with Crippen LogP contribution in [-0.4, -0.2) is 11.5 Å². The molecule has 2 aromatic rings. The van der Waals surface area contributed by atoms with E-state index in [9.17, 15) is 0 Å². The molecular formula is C14H14N2O. The summed E-state index contributed by atoms with van der Waals surface area (Å²) in [6.45, 7) is 1.17. The van der Waals surface area contributed by atoms with E-state index in [0.717, 1.165) is 5.56 Å². The Morgan fingerprint density at radius 3 is 3.00 bits per heavy atom. The fraction of sp³-hybridized carbons (Fsp3) is 0.214. The number of benzene rings is 1. The molecule has 17 heavy (non-hydrogen) atoms. The van der Waals surface area contributed by atoms with Crippen LogP contribution in [0.2, 0.25) is 0 Å². The summed E-state index contributed by atoms with van der Waals surface area (Å²) in [5.74, 6) is 0. The molecule has 0 unspecified atom stereocenters. The van der Waals surface area contributed by atoms with Gasteiger partial charge in [-0.2, -0.15) is 0 Å². The quantitative estimate of drug-likeness (QED) is 0.854. The molecule has 1 aliphatic heterocycles. The summed E-state index contributed by atoms with van der Waals surface area (Å²) in [4.78, 5) is 4.16. The van der Waals surface area contributed by atoms with Crippen molar-refractivity contribution >= 4 is 0 Å². The largest absolute Gasteiger partial charge is 0.367 e. The van der Waals surface area contributed by atoms with Gasteiger partial charge in [0.05, 0.1) is 12.7 Å². The van der Waals surface area contributed by atoms with Crippen LogP contribution in [0.5, 0.6) is 0 Å². The third-order valence-corrected chi connectivity index (χ3v) is 3.17. The minimum Gasteiger partial charge on any atom is -0.367 e. The normalized spacial score (nSPS) is 18.1. The molecule has 0 radical (unpaired) electrons. The van der Waals surface area contributed by atoms with Gasteiger partial charge in [-0.15, -0.1) is 0 Å². The smallest absolute Gasteiger partial charge is 0.0955 e. The van der Waals surface area contributed by atoms with Gasteiger partial charge < -0.3 is 10.5 Å². The van der Waals surface area contributed by atoms with Gasteiger partial charge in [-0.05, 0) is 22.8 Å². The molecular weight excluding hydrogens is 212 g/mol. The molecule has 1 aromatic carbocycles.